The molecule has 1 atom stereocenters. The van der Waals surface area contributed by atoms with Gasteiger partial charge in [-0.1, -0.05) is 0 Å². The maximum atomic E-state index is 13.0. The van der Waals surface area contributed by atoms with Gasteiger partial charge < -0.3 is 19.4 Å². The Bertz CT molecular complexity index is 797. The Kier molecular flexibility index (Phi) is 6.81. The predicted molar refractivity (Wildman–Crippen MR) is 104 cm³/mol. The minimum absolute atomic E-state index is 0.0251. The number of aryl methyl sites for hydroxylation is 2. The van der Waals surface area contributed by atoms with Crippen molar-refractivity contribution in [1.29, 1.82) is 0 Å². The lowest BCUT2D eigenvalue weighted by Gasteiger charge is -2.25. The Balaban J connectivity index is 1.59. The summed E-state index contributed by atoms with van der Waals surface area (Å²) in [6.45, 7) is 5.60. The second kappa shape index (κ2) is 9.50. The van der Waals surface area contributed by atoms with Crippen molar-refractivity contribution in [1.82, 2.24) is 15.2 Å². The molecule has 0 radical (unpaired) electrons. The number of rotatable bonds is 8. The van der Waals surface area contributed by atoms with Gasteiger partial charge in [-0.15, -0.1) is 0 Å². The highest BCUT2D eigenvalue weighted by Crippen LogP contribution is 2.19. The third kappa shape index (κ3) is 5.42. The van der Waals surface area contributed by atoms with Gasteiger partial charge in [0.25, 0.3) is 5.91 Å². The molecule has 1 saturated heterocycles. The summed E-state index contributed by atoms with van der Waals surface area (Å²) in [7, 11) is 0. The van der Waals surface area contributed by atoms with E-state index in [0.29, 0.717) is 36.7 Å². The van der Waals surface area contributed by atoms with Gasteiger partial charge in [0, 0.05) is 45.1 Å². The van der Waals surface area contributed by atoms with Crippen LogP contribution in [-0.4, -0.2) is 47.5 Å². The van der Waals surface area contributed by atoms with Crippen molar-refractivity contribution in [3.63, 3.8) is 0 Å². The number of nitrogens with zero attached hydrogens (tertiary/aromatic N) is 2. The normalized spacial score (nSPS) is 16.1. The van der Waals surface area contributed by atoms with Gasteiger partial charge in [-0.25, -0.2) is 0 Å². The molecule has 7 heteroatoms. The zero-order chi connectivity index (χ0) is 19.9. The average molecular weight is 385 g/mol. The van der Waals surface area contributed by atoms with Crippen LogP contribution < -0.4 is 5.32 Å². The van der Waals surface area contributed by atoms with Crippen molar-refractivity contribution in [3.8, 4) is 0 Å². The molecule has 2 aromatic heterocycles. The van der Waals surface area contributed by atoms with Gasteiger partial charge in [0.2, 0.25) is 5.91 Å². The van der Waals surface area contributed by atoms with Crippen LogP contribution in [0, 0.1) is 13.8 Å². The van der Waals surface area contributed by atoms with Crippen LogP contribution in [-0.2, 0) is 16.1 Å². The van der Waals surface area contributed by atoms with Crippen LogP contribution in [0.1, 0.15) is 46.7 Å². The average Bonchev–Trinajstić information content (AvgIpc) is 3.32. The first-order valence-corrected chi connectivity index (χ1v) is 9.66. The Morgan fingerprint density at radius 2 is 2.07 bits per heavy atom. The highest BCUT2D eigenvalue weighted by molar-refractivity contribution is 5.95. The molecule has 1 aliphatic heterocycles. The molecule has 0 aliphatic carbocycles. The number of pyridine rings is 1. The molecule has 0 unspecified atom stereocenters. The molecule has 0 bridgehead atoms. The first-order chi connectivity index (χ1) is 13.5. The van der Waals surface area contributed by atoms with Crippen molar-refractivity contribution in [2.75, 3.05) is 19.7 Å². The lowest BCUT2D eigenvalue weighted by Crippen LogP contribution is -2.40. The summed E-state index contributed by atoms with van der Waals surface area (Å²) in [5.41, 5.74) is 1.54. The van der Waals surface area contributed by atoms with E-state index in [0.717, 1.165) is 25.0 Å². The van der Waals surface area contributed by atoms with E-state index in [1.165, 1.54) is 0 Å². The Labute approximate surface area is 165 Å². The molecule has 1 N–H and O–H groups in total. The Morgan fingerprint density at radius 1 is 1.29 bits per heavy atom. The zero-order valence-electron chi connectivity index (χ0n) is 16.4. The molecule has 3 heterocycles. The molecule has 0 aromatic carbocycles. The fourth-order valence-electron chi connectivity index (χ4n) is 3.35. The number of amides is 2. The number of hydrogen-bond acceptors (Lipinski definition) is 5. The standard InChI is InChI=1S/C21H27N3O4/c1-15-12-19(16(2)28-15)21(26)24(14-18-4-3-11-27-18)10-7-20(25)23-13-17-5-8-22-9-6-17/h5-6,8-9,12,18H,3-4,7,10-11,13-14H2,1-2H3,(H,23,25)/t18-/m1/s1. The van der Waals surface area contributed by atoms with E-state index >= 15 is 0 Å². The van der Waals surface area contributed by atoms with Crippen molar-refractivity contribution in [3.05, 3.63) is 53.2 Å². The molecular weight excluding hydrogens is 358 g/mol. The number of carbonyl (C=O) groups is 2. The van der Waals surface area contributed by atoms with E-state index in [4.69, 9.17) is 9.15 Å². The molecule has 0 spiro atoms. The van der Waals surface area contributed by atoms with Gasteiger partial charge >= 0.3 is 0 Å². The fourth-order valence-corrected chi connectivity index (χ4v) is 3.35. The van der Waals surface area contributed by atoms with Gasteiger partial charge in [-0.3, -0.25) is 14.6 Å². The molecule has 7 nitrogen and oxygen atoms in total. The van der Waals surface area contributed by atoms with E-state index < -0.39 is 0 Å². The predicted octanol–water partition coefficient (Wildman–Crippen LogP) is 2.62. The lowest BCUT2D eigenvalue weighted by atomic mass is 10.1. The number of ether oxygens (including phenoxy) is 1. The monoisotopic (exact) mass is 385 g/mol. The Morgan fingerprint density at radius 3 is 2.71 bits per heavy atom. The van der Waals surface area contributed by atoms with Crippen LogP contribution in [0.3, 0.4) is 0 Å². The maximum absolute atomic E-state index is 13.0. The first-order valence-electron chi connectivity index (χ1n) is 9.66. The largest absolute Gasteiger partial charge is 0.466 e. The zero-order valence-corrected chi connectivity index (χ0v) is 16.4. The highest BCUT2D eigenvalue weighted by atomic mass is 16.5. The molecule has 28 heavy (non-hydrogen) atoms. The summed E-state index contributed by atoms with van der Waals surface area (Å²) in [5.74, 6) is 1.09. The topological polar surface area (TPSA) is 84.7 Å². The van der Waals surface area contributed by atoms with Crippen molar-refractivity contribution >= 4 is 11.8 Å². The summed E-state index contributed by atoms with van der Waals surface area (Å²) in [6.07, 6.45) is 5.58. The third-order valence-corrected chi connectivity index (χ3v) is 4.85. The van der Waals surface area contributed by atoms with Crippen molar-refractivity contribution in [2.24, 2.45) is 0 Å². The molecule has 2 aromatic rings. The van der Waals surface area contributed by atoms with Crippen LogP contribution >= 0.6 is 0 Å². The van der Waals surface area contributed by atoms with Crippen LogP contribution in [0.15, 0.2) is 35.0 Å². The van der Waals surface area contributed by atoms with E-state index in [9.17, 15) is 9.59 Å². The molecule has 2 amide bonds. The molecular formula is C21H27N3O4. The minimum Gasteiger partial charge on any atom is -0.466 e. The molecule has 0 saturated carbocycles. The summed E-state index contributed by atoms with van der Waals surface area (Å²) in [6, 6.07) is 5.47. The summed E-state index contributed by atoms with van der Waals surface area (Å²) < 4.78 is 11.2. The number of aromatic nitrogens is 1. The lowest BCUT2D eigenvalue weighted by molar-refractivity contribution is -0.121. The van der Waals surface area contributed by atoms with Gasteiger partial charge in [-0.05, 0) is 50.5 Å². The second-order valence-electron chi connectivity index (χ2n) is 7.10. The van der Waals surface area contributed by atoms with E-state index in [-0.39, 0.29) is 24.3 Å². The van der Waals surface area contributed by atoms with E-state index in [1.54, 1.807) is 30.3 Å². The van der Waals surface area contributed by atoms with Crippen LogP contribution in [0.5, 0.6) is 0 Å². The quantitative estimate of drug-likeness (QED) is 0.755. The molecule has 1 fully saturated rings. The summed E-state index contributed by atoms with van der Waals surface area (Å²) in [5, 5.41) is 2.89. The third-order valence-electron chi connectivity index (χ3n) is 4.85. The van der Waals surface area contributed by atoms with Gasteiger partial charge in [0.05, 0.1) is 11.7 Å². The van der Waals surface area contributed by atoms with Crippen molar-refractivity contribution < 1.29 is 18.7 Å². The minimum atomic E-state index is -0.119. The fraction of sp³-hybridized carbons (Fsp3) is 0.476. The highest BCUT2D eigenvalue weighted by Gasteiger charge is 2.26. The van der Waals surface area contributed by atoms with E-state index in [2.05, 4.69) is 10.3 Å². The van der Waals surface area contributed by atoms with Crippen molar-refractivity contribution in [2.45, 2.75) is 45.8 Å². The van der Waals surface area contributed by atoms with Crippen LogP contribution in [0.25, 0.3) is 0 Å². The van der Waals surface area contributed by atoms with Gasteiger partial charge in [-0.2, -0.15) is 0 Å². The smallest absolute Gasteiger partial charge is 0.257 e. The molecule has 3 rings (SSSR count). The van der Waals surface area contributed by atoms with E-state index in [1.807, 2.05) is 19.1 Å². The van der Waals surface area contributed by atoms with Crippen LogP contribution in [0.4, 0.5) is 0 Å². The number of hydrogen-bond donors (Lipinski definition) is 1. The Hall–Kier alpha value is -2.67. The molecule has 1 aliphatic rings. The number of nitrogens with one attached hydrogen (secondary N) is 1. The number of carbonyl (C=O) groups excluding carboxylic acids is 2. The SMILES string of the molecule is Cc1cc(C(=O)N(CCC(=O)NCc2ccncc2)C[C@H]2CCCO2)c(C)o1. The molecule has 150 valence electrons. The second-order valence-corrected chi connectivity index (χ2v) is 7.10. The van der Waals surface area contributed by atoms with Gasteiger partial charge in [0.1, 0.15) is 11.5 Å². The first kappa shape index (κ1) is 20.1. The summed E-state index contributed by atoms with van der Waals surface area (Å²) in [4.78, 5) is 31.0. The number of furan rings is 1. The maximum Gasteiger partial charge on any atom is 0.257 e. The summed E-state index contributed by atoms with van der Waals surface area (Å²) >= 11 is 0. The van der Waals surface area contributed by atoms with Crippen LogP contribution in [0.2, 0.25) is 0 Å². The van der Waals surface area contributed by atoms with Gasteiger partial charge in [0.15, 0.2) is 0 Å².